The summed E-state index contributed by atoms with van der Waals surface area (Å²) in [5.41, 5.74) is 3.65. The summed E-state index contributed by atoms with van der Waals surface area (Å²) in [6.07, 6.45) is 2.41. The fraction of sp³-hybridized carbons (Fsp3) is 0.364. The van der Waals surface area contributed by atoms with Crippen LogP contribution in [0.1, 0.15) is 30.9 Å². The number of carbonyl (C=O) groups is 2. The summed E-state index contributed by atoms with van der Waals surface area (Å²) in [4.78, 5) is 28.0. The zero-order chi connectivity index (χ0) is 20.6. The molecular formula is C22H24N2O4S. The van der Waals surface area contributed by atoms with Gasteiger partial charge in [-0.15, -0.1) is 0 Å². The summed E-state index contributed by atoms with van der Waals surface area (Å²) in [5.74, 6) is -0.434. The van der Waals surface area contributed by atoms with Gasteiger partial charge in [-0.2, -0.15) is 0 Å². The predicted molar refractivity (Wildman–Crippen MR) is 112 cm³/mol. The van der Waals surface area contributed by atoms with E-state index in [1.54, 1.807) is 21.9 Å². The third kappa shape index (κ3) is 3.79. The normalized spacial score (nSPS) is 15.8. The zero-order valence-corrected chi connectivity index (χ0v) is 17.2. The fourth-order valence-corrected chi connectivity index (χ4v) is 5.44. The van der Waals surface area contributed by atoms with Crippen molar-refractivity contribution in [2.24, 2.45) is 0 Å². The second kappa shape index (κ2) is 7.63. The smallest absolute Gasteiger partial charge is 0.228 e. The minimum atomic E-state index is -3.58. The van der Waals surface area contributed by atoms with Crippen LogP contribution in [0.15, 0.2) is 47.4 Å². The van der Waals surface area contributed by atoms with Crippen LogP contribution in [0.5, 0.6) is 0 Å². The maximum atomic E-state index is 12.8. The molecule has 2 aromatic rings. The highest BCUT2D eigenvalue weighted by atomic mass is 32.2. The van der Waals surface area contributed by atoms with Gasteiger partial charge in [0, 0.05) is 37.8 Å². The lowest BCUT2D eigenvalue weighted by Gasteiger charge is -2.29. The maximum absolute atomic E-state index is 12.8. The van der Waals surface area contributed by atoms with E-state index in [1.165, 1.54) is 13.0 Å². The molecule has 29 heavy (non-hydrogen) atoms. The van der Waals surface area contributed by atoms with Gasteiger partial charge >= 0.3 is 0 Å². The van der Waals surface area contributed by atoms with Crippen molar-refractivity contribution in [3.8, 4) is 0 Å². The Morgan fingerprint density at radius 1 is 0.931 bits per heavy atom. The third-order valence-electron chi connectivity index (χ3n) is 5.68. The fourth-order valence-electron chi connectivity index (χ4n) is 4.17. The van der Waals surface area contributed by atoms with Crippen LogP contribution >= 0.6 is 0 Å². The van der Waals surface area contributed by atoms with Gasteiger partial charge in [-0.1, -0.05) is 18.2 Å². The number of sulfone groups is 1. The van der Waals surface area contributed by atoms with Crippen LogP contribution in [-0.2, 0) is 32.3 Å². The second-order valence-electron chi connectivity index (χ2n) is 7.56. The summed E-state index contributed by atoms with van der Waals surface area (Å²) in [6.45, 7) is 2.70. The Kier molecular flexibility index (Phi) is 5.17. The van der Waals surface area contributed by atoms with Gasteiger partial charge < -0.3 is 9.80 Å². The van der Waals surface area contributed by atoms with Gasteiger partial charge in [0.15, 0.2) is 9.84 Å². The first-order valence-corrected chi connectivity index (χ1v) is 11.5. The van der Waals surface area contributed by atoms with Crippen LogP contribution in [0.25, 0.3) is 0 Å². The molecule has 2 aliphatic heterocycles. The quantitative estimate of drug-likeness (QED) is 0.774. The molecule has 0 unspecified atom stereocenters. The minimum absolute atomic E-state index is 0.0483. The lowest BCUT2D eigenvalue weighted by molar-refractivity contribution is -0.118. The zero-order valence-electron chi connectivity index (χ0n) is 16.4. The monoisotopic (exact) mass is 412 g/mol. The maximum Gasteiger partial charge on any atom is 0.228 e. The third-order valence-corrected chi connectivity index (χ3v) is 7.40. The van der Waals surface area contributed by atoms with Crippen LogP contribution in [0, 0.1) is 0 Å². The largest absolute Gasteiger partial charge is 0.312 e. The second-order valence-corrected chi connectivity index (χ2v) is 9.67. The van der Waals surface area contributed by atoms with Crippen LogP contribution in [0.3, 0.4) is 0 Å². The van der Waals surface area contributed by atoms with Crippen molar-refractivity contribution >= 4 is 33.0 Å². The summed E-state index contributed by atoms with van der Waals surface area (Å²) >= 11 is 0. The molecule has 0 atom stereocenters. The number of carbonyl (C=O) groups excluding carboxylic acids is 2. The first-order chi connectivity index (χ1) is 13.9. The molecule has 2 aromatic carbocycles. The summed E-state index contributed by atoms with van der Waals surface area (Å²) in [6, 6.07) is 12.7. The number of hydrogen-bond acceptors (Lipinski definition) is 4. The van der Waals surface area contributed by atoms with Gasteiger partial charge in [0.25, 0.3) is 0 Å². The molecule has 0 radical (unpaired) electrons. The Morgan fingerprint density at radius 3 is 2.48 bits per heavy atom. The number of benzene rings is 2. The van der Waals surface area contributed by atoms with Crippen molar-refractivity contribution in [1.29, 1.82) is 0 Å². The summed E-state index contributed by atoms with van der Waals surface area (Å²) < 4.78 is 25.7. The Hall–Kier alpha value is -2.67. The van der Waals surface area contributed by atoms with E-state index in [2.05, 4.69) is 0 Å². The molecule has 7 heteroatoms. The van der Waals surface area contributed by atoms with Gasteiger partial charge in [0.05, 0.1) is 10.6 Å². The molecule has 0 bridgehead atoms. The highest BCUT2D eigenvalue weighted by molar-refractivity contribution is 7.91. The Morgan fingerprint density at radius 2 is 1.69 bits per heavy atom. The molecule has 0 saturated carbocycles. The van der Waals surface area contributed by atoms with Gasteiger partial charge in [-0.05, 0) is 54.7 Å². The number of aryl methyl sites for hydroxylation is 1. The SMILES string of the molecule is CC(=O)N1CCc2cc(S(=O)(=O)CCC(=O)N3CCCc4ccccc43)ccc21. The molecule has 2 amide bonds. The molecule has 6 nitrogen and oxygen atoms in total. The van der Waals surface area contributed by atoms with Crippen LogP contribution < -0.4 is 9.80 Å². The van der Waals surface area contributed by atoms with Crippen molar-refractivity contribution in [2.75, 3.05) is 28.6 Å². The van der Waals surface area contributed by atoms with Crippen molar-refractivity contribution in [1.82, 2.24) is 0 Å². The molecular weight excluding hydrogens is 388 g/mol. The topological polar surface area (TPSA) is 74.8 Å². The number of hydrogen-bond donors (Lipinski definition) is 0. The standard InChI is InChI=1S/C22H24N2O4S/c1-16(25)23-13-10-18-15-19(8-9-21(18)23)29(27,28)14-11-22(26)24-12-4-6-17-5-2-3-7-20(17)24/h2-3,5,7-9,15H,4,6,10-14H2,1H3. The minimum Gasteiger partial charge on any atom is -0.312 e. The van der Waals surface area contributed by atoms with E-state index < -0.39 is 9.84 Å². The number of nitrogens with zero attached hydrogens (tertiary/aromatic N) is 2. The van der Waals surface area contributed by atoms with Gasteiger partial charge in [0.2, 0.25) is 11.8 Å². The highest BCUT2D eigenvalue weighted by Crippen LogP contribution is 2.31. The van der Waals surface area contributed by atoms with Crippen LogP contribution in [0.2, 0.25) is 0 Å². The molecule has 0 aliphatic carbocycles. The molecule has 2 aliphatic rings. The Balaban J connectivity index is 1.48. The van der Waals surface area contributed by atoms with E-state index in [9.17, 15) is 18.0 Å². The predicted octanol–water partition coefficient (Wildman–Crippen LogP) is 2.74. The summed E-state index contributed by atoms with van der Waals surface area (Å²) in [5, 5.41) is 0. The number of para-hydroxylation sites is 1. The average molecular weight is 413 g/mol. The van der Waals surface area contributed by atoms with E-state index in [1.807, 2.05) is 24.3 Å². The molecule has 0 aromatic heterocycles. The molecule has 0 saturated heterocycles. The Labute approximate surface area is 171 Å². The lowest BCUT2D eigenvalue weighted by atomic mass is 10.0. The van der Waals surface area contributed by atoms with E-state index in [0.29, 0.717) is 19.5 Å². The van der Waals surface area contributed by atoms with E-state index in [0.717, 1.165) is 35.3 Å². The number of rotatable bonds is 4. The molecule has 0 fully saturated rings. The first-order valence-electron chi connectivity index (χ1n) is 9.89. The van der Waals surface area contributed by atoms with Gasteiger partial charge in [-0.3, -0.25) is 9.59 Å². The number of anilines is 2. The average Bonchev–Trinajstić information content (AvgIpc) is 3.15. The Bertz CT molecular complexity index is 1080. The lowest BCUT2D eigenvalue weighted by Crippen LogP contribution is -2.36. The van der Waals surface area contributed by atoms with Crippen molar-refractivity contribution in [2.45, 2.75) is 37.5 Å². The van der Waals surface area contributed by atoms with Crippen molar-refractivity contribution < 1.29 is 18.0 Å². The van der Waals surface area contributed by atoms with Gasteiger partial charge in [-0.25, -0.2) is 8.42 Å². The molecule has 2 heterocycles. The van der Waals surface area contributed by atoms with Crippen LogP contribution in [-0.4, -0.2) is 39.1 Å². The van der Waals surface area contributed by atoms with Gasteiger partial charge in [0.1, 0.15) is 0 Å². The highest BCUT2D eigenvalue weighted by Gasteiger charge is 2.27. The van der Waals surface area contributed by atoms with E-state index >= 15 is 0 Å². The molecule has 4 rings (SSSR count). The first kappa shape index (κ1) is 19.6. The van der Waals surface area contributed by atoms with Crippen molar-refractivity contribution in [3.63, 3.8) is 0 Å². The molecule has 0 N–H and O–H groups in total. The molecule has 152 valence electrons. The summed E-state index contributed by atoms with van der Waals surface area (Å²) in [7, 11) is -3.58. The van der Waals surface area contributed by atoms with Crippen LogP contribution in [0.4, 0.5) is 11.4 Å². The number of amides is 2. The van der Waals surface area contributed by atoms with E-state index in [4.69, 9.17) is 0 Å². The number of fused-ring (bicyclic) bond motifs is 2. The van der Waals surface area contributed by atoms with Crippen molar-refractivity contribution in [3.05, 3.63) is 53.6 Å². The molecule has 0 spiro atoms. The van der Waals surface area contributed by atoms with E-state index in [-0.39, 0.29) is 28.9 Å².